The molecule has 7 nitrogen and oxygen atoms in total. The van der Waals surface area contributed by atoms with Crippen LogP contribution >= 0.6 is 0 Å². The van der Waals surface area contributed by atoms with Crippen molar-refractivity contribution in [3.05, 3.63) is 59.0 Å². The van der Waals surface area contributed by atoms with Crippen molar-refractivity contribution in [2.75, 3.05) is 0 Å². The Morgan fingerprint density at radius 3 is 2.69 bits per heavy atom. The van der Waals surface area contributed by atoms with E-state index in [-0.39, 0.29) is 11.4 Å². The Morgan fingerprint density at radius 1 is 1.27 bits per heavy atom. The number of primary sulfonamides is 1. The van der Waals surface area contributed by atoms with Gasteiger partial charge in [-0.15, -0.1) is 0 Å². The zero-order valence-corrected chi connectivity index (χ0v) is 15.0. The number of aromatic nitrogens is 2. The van der Waals surface area contributed by atoms with Crippen LogP contribution in [-0.2, 0) is 23.6 Å². The lowest BCUT2D eigenvalue weighted by atomic mass is 10.1. The van der Waals surface area contributed by atoms with Gasteiger partial charge in [0.05, 0.1) is 28.2 Å². The summed E-state index contributed by atoms with van der Waals surface area (Å²) in [5.41, 5.74) is 2.18. The molecule has 0 atom stereocenters. The van der Waals surface area contributed by atoms with Gasteiger partial charge in [0.25, 0.3) is 5.91 Å². The highest BCUT2D eigenvalue weighted by molar-refractivity contribution is 7.89. The van der Waals surface area contributed by atoms with E-state index in [0.717, 1.165) is 34.7 Å². The molecule has 3 aromatic rings. The molecule has 0 fully saturated rings. The lowest BCUT2D eigenvalue weighted by Gasteiger charge is -2.07. The number of carbonyl (C=O) groups excluding carboxylic acids is 1. The smallest absolute Gasteiger partial charge is 0.254 e. The highest BCUT2D eigenvalue weighted by Crippen LogP contribution is 2.20. The maximum atomic E-state index is 13.9. The molecule has 0 spiro atoms. The normalized spacial score (nSPS) is 11.7. The number of fused-ring (bicyclic) bond motifs is 1. The van der Waals surface area contributed by atoms with Crippen LogP contribution < -0.4 is 10.5 Å². The van der Waals surface area contributed by atoms with E-state index < -0.39 is 27.3 Å². The van der Waals surface area contributed by atoms with Crippen molar-refractivity contribution in [2.24, 2.45) is 12.2 Å². The van der Waals surface area contributed by atoms with E-state index in [1.807, 2.05) is 25.1 Å². The molecule has 1 aromatic heterocycles. The molecule has 136 valence electrons. The van der Waals surface area contributed by atoms with Gasteiger partial charge in [0, 0.05) is 12.4 Å². The summed E-state index contributed by atoms with van der Waals surface area (Å²) in [6, 6.07) is 8.66. The predicted octanol–water partition coefficient (Wildman–Crippen LogP) is 1.60. The third kappa shape index (κ3) is 3.44. The van der Waals surface area contributed by atoms with E-state index in [2.05, 4.69) is 10.4 Å². The fraction of sp³-hybridized carbons (Fsp3) is 0.176. The molecule has 0 aliphatic heterocycles. The van der Waals surface area contributed by atoms with Crippen LogP contribution in [0.5, 0.6) is 0 Å². The molecule has 2 aromatic carbocycles. The van der Waals surface area contributed by atoms with Gasteiger partial charge >= 0.3 is 0 Å². The summed E-state index contributed by atoms with van der Waals surface area (Å²) < 4.78 is 38.4. The molecule has 0 aliphatic rings. The van der Waals surface area contributed by atoms with Crippen LogP contribution in [0.1, 0.15) is 21.6 Å². The molecule has 1 amide bonds. The molecular formula is C17H17FN4O3S. The van der Waals surface area contributed by atoms with Gasteiger partial charge in [0.1, 0.15) is 5.82 Å². The molecule has 0 aliphatic carbocycles. The van der Waals surface area contributed by atoms with Crippen LogP contribution in [0.3, 0.4) is 0 Å². The van der Waals surface area contributed by atoms with Gasteiger partial charge < -0.3 is 5.32 Å². The van der Waals surface area contributed by atoms with E-state index >= 15 is 0 Å². The van der Waals surface area contributed by atoms with E-state index in [4.69, 9.17) is 5.14 Å². The average molecular weight is 376 g/mol. The second-order valence-electron chi connectivity index (χ2n) is 5.96. The van der Waals surface area contributed by atoms with Crippen LogP contribution in [0.4, 0.5) is 4.39 Å². The minimum absolute atomic E-state index is 0.0681. The van der Waals surface area contributed by atoms with Gasteiger partial charge in [-0.05, 0) is 37.3 Å². The van der Waals surface area contributed by atoms with Gasteiger partial charge in [-0.25, -0.2) is 17.9 Å². The Bertz CT molecular complexity index is 1120. The van der Waals surface area contributed by atoms with Crippen molar-refractivity contribution in [1.82, 2.24) is 15.1 Å². The minimum atomic E-state index is -4.04. The predicted molar refractivity (Wildman–Crippen MR) is 94.4 cm³/mol. The number of sulfonamides is 1. The van der Waals surface area contributed by atoms with Gasteiger partial charge in [0.2, 0.25) is 10.0 Å². The highest BCUT2D eigenvalue weighted by Gasteiger charge is 2.17. The molecule has 1 heterocycles. The lowest BCUT2D eigenvalue weighted by Crippen LogP contribution is -2.25. The third-order valence-corrected chi connectivity index (χ3v) is 4.92. The van der Waals surface area contributed by atoms with Crippen molar-refractivity contribution in [3.63, 3.8) is 0 Å². The van der Waals surface area contributed by atoms with Gasteiger partial charge in [0.15, 0.2) is 0 Å². The maximum Gasteiger partial charge on any atom is 0.254 e. The zero-order valence-electron chi connectivity index (χ0n) is 14.2. The van der Waals surface area contributed by atoms with Crippen LogP contribution in [0.2, 0.25) is 0 Å². The summed E-state index contributed by atoms with van der Waals surface area (Å²) in [7, 11) is -2.25. The number of hydrogen-bond donors (Lipinski definition) is 2. The number of benzene rings is 2. The van der Waals surface area contributed by atoms with E-state index in [1.54, 1.807) is 11.7 Å². The molecule has 0 saturated heterocycles. The number of aryl methyl sites for hydroxylation is 2. The number of nitrogens with zero attached hydrogens (tertiary/aromatic N) is 2. The Balaban J connectivity index is 1.87. The standard InChI is InChI=1S/C17H17FN4O3S/c1-10-3-6-16-13(7-10)15(21-22(16)2)9-20-17(23)12-8-11(26(19,24)25)4-5-14(12)18/h3-8H,9H2,1-2H3,(H,20,23)(H2,19,24,25). The first kappa shape index (κ1) is 18.0. The van der Waals surface area contributed by atoms with E-state index in [1.165, 1.54) is 0 Å². The quantitative estimate of drug-likeness (QED) is 0.721. The molecule has 0 bridgehead atoms. The summed E-state index contributed by atoms with van der Waals surface area (Å²) in [6.07, 6.45) is 0. The Kier molecular flexibility index (Phi) is 4.51. The Hall–Kier alpha value is -2.78. The maximum absolute atomic E-state index is 13.9. The molecule has 0 radical (unpaired) electrons. The summed E-state index contributed by atoms with van der Waals surface area (Å²) in [6.45, 7) is 2.02. The fourth-order valence-corrected chi connectivity index (χ4v) is 3.24. The molecule has 3 N–H and O–H groups in total. The second-order valence-corrected chi connectivity index (χ2v) is 7.52. The SMILES string of the molecule is Cc1ccc2c(c1)c(CNC(=O)c1cc(S(N)(=O)=O)ccc1F)nn2C. The number of carbonyl (C=O) groups is 1. The summed E-state index contributed by atoms with van der Waals surface area (Å²) in [5.74, 6) is -1.59. The Labute approximate surface area is 149 Å². The monoisotopic (exact) mass is 376 g/mol. The highest BCUT2D eigenvalue weighted by atomic mass is 32.2. The summed E-state index contributed by atoms with van der Waals surface area (Å²) >= 11 is 0. The fourth-order valence-electron chi connectivity index (χ4n) is 2.70. The first-order valence-electron chi connectivity index (χ1n) is 7.69. The van der Waals surface area contributed by atoms with Crippen LogP contribution in [0.25, 0.3) is 10.9 Å². The number of nitrogens with one attached hydrogen (secondary N) is 1. The first-order valence-corrected chi connectivity index (χ1v) is 9.24. The number of halogens is 1. The average Bonchev–Trinajstić information content (AvgIpc) is 2.87. The van der Waals surface area contributed by atoms with Crippen molar-refractivity contribution < 1.29 is 17.6 Å². The van der Waals surface area contributed by atoms with Crippen molar-refractivity contribution in [1.29, 1.82) is 0 Å². The molecule has 0 unspecified atom stereocenters. The number of nitrogens with two attached hydrogens (primary N) is 1. The lowest BCUT2D eigenvalue weighted by molar-refractivity contribution is 0.0946. The van der Waals surface area contributed by atoms with Crippen molar-refractivity contribution in [3.8, 4) is 0 Å². The van der Waals surface area contributed by atoms with Gasteiger partial charge in [-0.3, -0.25) is 9.48 Å². The number of hydrogen-bond acceptors (Lipinski definition) is 4. The molecule has 9 heteroatoms. The van der Waals surface area contributed by atoms with Crippen LogP contribution in [0.15, 0.2) is 41.3 Å². The first-order chi connectivity index (χ1) is 12.2. The Morgan fingerprint density at radius 2 is 2.00 bits per heavy atom. The summed E-state index contributed by atoms with van der Waals surface area (Å²) in [5, 5.41) is 12.8. The van der Waals surface area contributed by atoms with Crippen LogP contribution in [-0.4, -0.2) is 24.1 Å². The van der Waals surface area contributed by atoms with Crippen LogP contribution in [0, 0.1) is 12.7 Å². The molecule has 0 saturated carbocycles. The molecular weight excluding hydrogens is 359 g/mol. The molecule has 3 rings (SSSR count). The largest absolute Gasteiger partial charge is 0.346 e. The van der Waals surface area contributed by atoms with E-state index in [0.29, 0.717) is 5.69 Å². The molecule has 26 heavy (non-hydrogen) atoms. The third-order valence-electron chi connectivity index (χ3n) is 4.01. The number of amides is 1. The second kappa shape index (κ2) is 6.50. The van der Waals surface area contributed by atoms with E-state index in [9.17, 15) is 17.6 Å². The van der Waals surface area contributed by atoms with Gasteiger partial charge in [-0.1, -0.05) is 11.6 Å². The zero-order chi connectivity index (χ0) is 19.1. The minimum Gasteiger partial charge on any atom is -0.346 e. The van der Waals surface area contributed by atoms with Gasteiger partial charge in [-0.2, -0.15) is 5.10 Å². The summed E-state index contributed by atoms with van der Waals surface area (Å²) in [4.78, 5) is 12.0. The topological polar surface area (TPSA) is 107 Å². The van der Waals surface area contributed by atoms with Crippen molar-refractivity contribution in [2.45, 2.75) is 18.4 Å². The van der Waals surface area contributed by atoms with Crippen molar-refractivity contribution >= 4 is 26.8 Å². The number of rotatable bonds is 4.